The van der Waals surface area contributed by atoms with Gasteiger partial charge in [0.05, 0.1) is 17.7 Å². The minimum atomic E-state index is -0.302. The van der Waals surface area contributed by atoms with Crippen molar-refractivity contribution in [3.63, 3.8) is 0 Å². The van der Waals surface area contributed by atoms with Crippen LogP contribution in [0.1, 0.15) is 19.5 Å². The number of fused-ring (bicyclic) bond motifs is 1. The molecule has 5 nitrogen and oxygen atoms in total. The molecule has 0 saturated carbocycles. The van der Waals surface area contributed by atoms with Crippen LogP contribution in [0, 0.1) is 6.92 Å². The lowest BCUT2D eigenvalue weighted by atomic mass is 10.2. The first kappa shape index (κ1) is 20.3. The monoisotopic (exact) mass is 416 g/mol. The summed E-state index contributed by atoms with van der Waals surface area (Å²) >= 11 is 7.62. The molecule has 1 amide bonds. The van der Waals surface area contributed by atoms with Gasteiger partial charge < -0.3 is 14.6 Å². The molecule has 0 atom stereocenters. The van der Waals surface area contributed by atoms with E-state index in [2.05, 4.69) is 9.88 Å². The van der Waals surface area contributed by atoms with Gasteiger partial charge in [-0.25, -0.2) is 0 Å². The van der Waals surface area contributed by atoms with Crippen LogP contribution < -0.4 is 5.32 Å². The zero-order valence-electron chi connectivity index (χ0n) is 15.9. The molecular formula is C21H21ClN2O3S. The minimum absolute atomic E-state index is 0.125. The third-order valence-corrected chi connectivity index (χ3v) is 5.72. The summed E-state index contributed by atoms with van der Waals surface area (Å²) in [6.07, 6.45) is 0. The highest BCUT2D eigenvalue weighted by Gasteiger charge is 2.19. The summed E-state index contributed by atoms with van der Waals surface area (Å²) in [5.41, 5.74) is 2.78. The zero-order chi connectivity index (χ0) is 20.3. The molecule has 3 rings (SSSR count). The van der Waals surface area contributed by atoms with Crippen LogP contribution >= 0.6 is 23.4 Å². The fraction of sp³-hybridized carbons (Fsp3) is 0.238. The Balaban J connectivity index is 2.10. The number of nitrogens with zero attached hydrogens (tertiary/aromatic N) is 1. The average molecular weight is 417 g/mol. The van der Waals surface area contributed by atoms with Gasteiger partial charge in [-0.3, -0.25) is 9.59 Å². The molecule has 2 aromatic carbocycles. The first-order valence-electron chi connectivity index (χ1n) is 8.83. The zero-order valence-corrected chi connectivity index (χ0v) is 17.5. The summed E-state index contributed by atoms with van der Waals surface area (Å²) in [5, 5.41) is 4.58. The van der Waals surface area contributed by atoms with Crippen LogP contribution in [0.4, 0.5) is 5.69 Å². The summed E-state index contributed by atoms with van der Waals surface area (Å²) in [4.78, 5) is 24.9. The predicted molar refractivity (Wildman–Crippen MR) is 113 cm³/mol. The van der Waals surface area contributed by atoms with E-state index in [0.29, 0.717) is 11.6 Å². The van der Waals surface area contributed by atoms with E-state index in [-0.39, 0.29) is 18.5 Å². The van der Waals surface area contributed by atoms with Gasteiger partial charge in [0.2, 0.25) is 5.91 Å². The standard InChI is InChI=1S/C21H21ClN2O3S/c1-13-21(28-17-9-7-16(22)8-10-17)20-18(23-14(2)25)5-4-6-19(20)24(13)11-12-27-15(3)26/h4-10H,11-12H2,1-3H3,(H,23,25). The van der Waals surface area contributed by atoms with Crippen LogP contribution in [0.25, 0.3) is 10.9 Å². The van der Waals surface area contributed by atoms with Gasteiger partial charge in [-0.15, -0.1) is 0 Å². The molecule has 1 aromatic heterocycles. The van der Waals surface area contributed by atoms with Gasteiger partial charge in [-0.05, 0) is 43.3 Å². The number of rotatable bonds is 6. The highest BCUT2D eigenvalue weighted by Crippen LogP contribution is 2.41. The second-order valence-corrected chi connectivity index (χ2v) is 7.86. The van der Waals surface area contributed by atoms with E-state index < -0.39 is 0 Å². The fourth-order valence-corrected chi connectivity index (χ4v) is 4.30. The Morgan fingerprint density at radius 2 is 1.86 bits per heavy atom. The van der Waals surface area contributed by atoms with Crippen molar-refractivity contribution in [3.8, 4) is 0 Å². The third kappa shape index (κ3) is 4.51. The summed E-state index contributed by atoms with van der Waals surface area (Å²) in [6, 6.07) is 13.5. The first-order chi connectivity index (χ1) is 13.4. The number of anilines is 1. The maximum Gasteiger partial charge on any atom is 0.302 e. The molecule has 28 heavy (non-hydrogen) atoms. The largest absolute Gasteiger partial charge is 0.464 e. The topological polar surface area (TPSA) is 60.3 Å². The van der Waals surface area contributed by atoms with Gasteiger partial charge >= 0.3 is 5.97 Å². The van der Waals surface area contributed by atoms with Crippen LogP contribution in [0.3, 0.4) is 0 Å². The quantitative estimate of drug-likeness (QED) is 0.555. The normalized spacial score (nSPS) is 10.9. The van der Waals surface area contributed by atoms with E-state index in [9.17, 15) is 9.59 Å². The molecule has 0 aliphatic carbocycles. The van der Waals surface area contributed by atoms with Crippen LogP contribution in [0.5, 0.6) is 0 Å². The summed E-state index contributed by atoms with van der Waals surface area (Å²) in [5.74, 6) is -0.427. The molecule has 0 aliphatic heterocycles. The van der Waals surface area contributed by atoms with Gasteiger partial charge in [-0.1, -0.05) is 29.4 Å². The van der Waals surface area contributed by atoms with Crippen molar-refractivity contribution in [3.05, 3.63) is 53.2 Å². The number of amides is 1. The minimum Gasteiger partial charge on any atom is -0.464 e. The van der Waals surface area contributed by atoms with Crippen molar-refractivity contribution in [1.29, 1.82) is 0 Å². The number of hydrogen-bond donors (Lipinski definition) is 1. The second-order valence-electron chi connectivity index (χ2n) is 6.34. The van der Waals surface area contributed by atoms with Gasteiger partial charge in [-0.2, -0.15) is 0 Å². The number of aromatic nitrogens is 1. The number of esters is 1. The molecule has 0 spiro atoms. The highest BCUT2D eigenvalue weighted by molar-refractivity contribution is 7.99. The van der Waals surface area contributed by atoms with Crippen molar-refractivity contribution in [2.45, 2.75) is 37.1 Å². The van der Waals surface area contributed by atoms with E-state index in [1.165, 1.54) is 13.8 Å². The lowest BCUT2D eigenvalue weighted by Gasteiger charge is -2.09. The predicted octanol–water partition coefficient (Wildman–Crippen LogP) is 5.28. The van der Waals surface area contributed by atoms with Gasteiger partial charge in [0.1, 0.15) is 6.61 Å². The van der Waals surface area contributed by atoms with E-state index in [1.54, 1.807) is 11.8 Å². The summed E-state index contributed by atoms with van der Waals surface area (Å²) < 4.78 is 7.25. The Labute approximate surface area is 173 Å². The smallest absolute Gasteiger partial charge is 0.302 e. The molecule has 0 radical (unpaired) electrons. The first-order valence-corrected chi connectivity index (χ1v) is 10.0. The van der Waals surface area contributed by atoms with Crippen molar-refractivity contribution in [2.75, 3.05) is 11.9 Å². The van der Waals surface area contributed by atoms with Gasteiger partial charge in [0.25, 0.3) is 0 Å². The number of benzene rings is 2. The second kappa shape index (κ2) is 8.71. The van der Waals surface area contributed by atoms with Gasteiger partial charge in [0, 0.05) is 39.7 Å². The summed E-state index contributed by atoms with van der Waals surface area (Å²) in [7, 11) is 0. The highest BCUT2D eigenvalue weighted by atomic mass is 35.5. The average Bonchev–Trinajstić information content (AvgIpc) is 2.89. The molecule has 0 fully saturated rings. The fourth-order valence-electron chi connectivity index (χ4n) is 3.10. The molecular weight excluding hydrogens is 396 g/mol. The number of ether oxygens (including phenoxy) is 1. The van der Waals surface area contributed by atoms with E-state index >= 15 is 0 Å². The Morgan fingerprint density at radius 3 is 2.50 bits per heavy atom. The molecule has 1 N–H and O–H groups in total. The Morgan fingerprint density at radius 1 is 1.14 bits per heavy atom. The van der Waals surface area contributed by atoms with Crippen molar-refractivity contribution < 1.29 is 14.3 Å². The Bertz CT molecular complexity index is 1030. The SMILES string of the molecule is CC(=O)Nc1cccc2c1c(Sc1ccc(Cl)cc1)c(C)n2CCOC(C)=O. The number of carbonyl (C=O) groups excluding carboxylic acids is 2. The van der Waals surface area contributed by atoms with Crippen LogP contribution in [0.2, 0.25) is 5.02 Å². The van der Waals surface area contributed by atoms with Crippen molar-refractivity contribution in [1.82, 2.24) is 4.57 Å². The molecule has 1 heterocycles. The summed E-state index contributed by atoms with van der Waals surface area (Å²) in [6.45, 7) is 5.75. The molecule has 0 saturated heterocycles. The van der Waals surface area contributed by atoms with Gasteiger partial charge in [0.15, 0.2) is 0 Å². The maximum atomic E-state index is 11.7. The molecule has 0 aliphatic rings. The number of hydrogen-bond acceptors (Lipinski definition) is 4. The molecule has 3 aromatic rings. The van der Waals surface area contributed by atoms with E-state index in [0.717, 1.165) is 32.1 Å². The van der Waals surface area contributed by atoms with Crippen molar-refractivity contribution in [2.24, 2.45) is 0 Å². The maximum absolute atomic E-state index is 11.7. The number of carbonyl (C=O) groups is 2. The lowest BCUT2D eigenvalue weighted by molar-refractivity contribution is -0.141. The molecule has 146 valence electrons. The number of halogens is 1. The third-order valence-electron chi connectivity index (χ3n) is 4.26. The Kier molecular flexibility index (Phi) is 6.31. The van der Waals surface area contributed by atoms with E-state index in [1.807, 2.05) is 49.4 Å². The van der Waals surface area contributed by atoms with Crippen molar-refractivity contribution >= 4 is 51.8 Å². The lowest BCUT2D eigenvalue weighted by Crippen LogP contribution is -2.10. The van der Waals surface area contributed by atoms with Crippen LogP contribution in [-0.2, 0) is 20.9 Å². The Hall–Kier alpha value is -2.44. The molecule has 0 unspecified atom stereocenters. The van der Waals surface area contributed by atoms with E-state index in [4.69, 9.17) is 16.3 Å². The van der Waals surface area contributed by atoms with Crippen LogP contribution in [-0.4, -0.2) is 23.1 Å². The molecule has 7 heteroatoms. The van der Waals surface area contributed by atoms with Crippen LogP contribution in [0.15, 0.2) is 52.3 Å². The molecule has 0 bridgehead atoms. The number of nitrogens with one attached hydrogen (secondary N) is 1.